The summed E-state index contributed by atoms with van der Waals surface area (Å²) in [5.41, 5.74) is 2.18. The molecule has 256 valence electrons. The van der Waals surface area contributed by atoms with Gasteiger partial charge in [-0.3, -0.25) is 14.5 Å². The van der Waals surface area contributed by atoms with E-state index in [1.54, 1.807) is 34.1 Å². The summed E-state index contributed by atoms with van der Waals surface area (Å²) in [6.07, 6.45) is -2.04. The highest BCUT2D eigenvalue weighted by molar-refractivity contribution is 6.36. The lowest BCUT2D eigenvalue weighted by Crippen LogP contribution is -2.50. The van der Waals surface area contributed by atoms with Gasteiger partial charge < -0.3 is 19.4 Å². The molecule has 47 heavy (non-hydrogen) atoms. The minimum atomic E-state index is -4.26. The van der Waals surface area contributed by atoms with Crippen LogP contribution in [0.1, 0.15) is 56.0 Å². The maximum Gasteiger partial charge on any atom is 0.410 e. The fourth-order valence-electron chi connectivity index (χ4n) is 6.56. The first-order chi connectivity index (χ1) is 22.1. The Bertz CT molecular complexity index is 1440. The van der Waals surface area contributed by atoms with Gasteiger partial charge in [-0.05, 0) is 87.4 Å². The molecule has 13 heteroatoms. The second-order valence-electron chi connectivity index (χ2n) is 13.6. The van der Waals surface area contributed by atoms with Crippen molar-refractivity contribution >= 4 is 41.1 Å². The molecule has 3 saturated heterocycles. The van der Waals surface area contributed by atoms with Crippen LogP contribution in [0.2, 0.25) is 10.0 Å². The summed E-state index contributed by atoms with van der Waals surface area (Å²) < 4.78 is 43.6. The van der Waals surface area contributed by atoms with Gasteiger partial charge in [0.05, 0.1) is 6.54 Å². The Kier molecular flexibility index (Phi) is 10.7. The van der Waals surface area contributed by atoms with Gasteiger partial charge in [0, 0.05) is 73.4 Å². The molecule has 3 aliphatic heterocycles. The van der Waals surface area contributed by atoms with Crippen molar-refractivity contribution in [2.45, 2.75) is 64.3 Å². The quantitative estimate of drug-likeness (QED) is 0.333. The van der Waals surface area contributed by atoms with Crippen LogP contribution >= 0.6 is 23.2 Å². The Labute approximate surface area is 283 Å². The van der Waals surface area contributed by atoms with Crippen LogP contribution in [-0.4, -0.2) is 108 Å². The number of rotatable bonds is 6. The number of amides is 3. The Hall–Kier alpha value is -3.02. The molecule has 2 aromatic carbocycles. The van der Waals surface area contributed by atoms with E-state index in [0.717, 1.165) is 11.1 Å². The summed E-state index contributed by atoms with van der Waals surface area (Å²) in [5.74, 6) is -0.377. The number of piperidine rings is 1. The number of nitrogens with zero attached hydrogens (tertiary/aromatic N) is 4. The number of piperazine rings is 1. The van der Waals surface area contributed by atoms with E-state index in [1.807, 2.05) is 37.8 Å². The number of benzene rings is 2. The Morgan fingerprint density at radius 1 is 0.830 bits per heavy atom. The van der Waals surface area contributed by atoms with Crippen molar-refractivity contribution in [3.8, 4) is 11.1 Å². The van der Waals surface area contributed by atoms with Gasteiger partial charge in [-0.25, -0.2) is 4.79 Å². The van der Waals surface area contributed by atoms with Crippen LogP contribution in [0, 0.1) is 5.92 Å². The van der Waals surface area contributed by atoms with Crippen molar-refractivity contribution in [3.05, 3.63) is 57.6 Å². The zero-order chi connectivity index (χ0) is 34.1. The summed E-state index contributed by atoms with van der Waals surface area (Å²) in [6, 6.07) is 10.7. The molecule has 0 bridgehead atoms. The smallest absolute Gasteiger partial charge is 0.410 e. The van der Waals surface area contributed by atoms with E-state index >= 15 is 0 Å². The molecule has 8 nitrogen and oxygen atoms in total. The van der Waals surface area contributed by atoms with Gasteiger partial charge >= 0.3 is 12.3 Å². The van der Waals surface area contributed by atoms with E-state index in [-0.39, 0.29) is 56.0 Å². The van der Waals surface area contributed by atoms with Crippen molar-refractivity contribution in [3.63, 3.8) is 0 Å². The molecule has 0 unspecified atom stereocenters. The Balaban J connectivity index is 1.16. The highest BCUT2D eigenvalue weighted by Crippen LogP contribution is 2.36. The van der Waals surface area contributed by atoms with Crippen molar-refractivity contribution < 1.29 is 32.3 Å². The summed E-state index contributed by atoms with van der Waals surface area (Å²) in [4.78, 5) is 45.4. The number of likely N-dealkylation sites (tertiary alicyclic amines) is 2. The molecule has 0 saturated carbocycles. The number of hydrogen-bond donors (Lipinski definition) is 0. The first-order valence-electron chi connectivity index (χ1n) is 16.0. The summed E-state index contributed by atoms with van der Waals surface area (Å²) in [6.45, 7) is 7.12. The third-order valence-corrected chi connectivity index (χ3v) is 9.70. The first kappa shape index (κ1) is 35.3. The molecule has 3 heterocycles. The van der Waals surface area contributed by atoms with Crippen LogP contribution in [0.3, 0.4) is 0 Å². The van der Waals surface area contributed by atoms with Crippen molar-refractivity contribution in [2.75, 3.05) is 52.4 Å². The number of carbonyl (C=O) groups is 3. The third kappa shape index (κ3) is 8.91. The van der Waals surface area contributed by atoms with Gasteiger partial charge in [-0.15, -0.1) is 0 Å². The van der Waals surface area contributed by atoms with Crippen LogP contribution in [0.5, 0.6) is 0 Å². The van der Waals surface area contributed by atoms with Gasteiger partial charge in [0.2, 0.25) is 5.91 Å². The zero-order valence-electron chi connectivity index (χ0n) is 26.9. The highest BCUT2D eigenvalue weighted by atomic mass is 35.5. The second kappa shape index (κ2) is 14.2. The number of hydrogen-bond acceptors (Lipinski definition) is 5. The maximum atomic E-state index is 13.5. The lowest BCUT2D eigenvalue weighted by atomic mass is 9.95. The van der Waals surface area contributed by atoms with Gasteiger partial charge in [0.1, 0.15) is 5.60 Å². The SMILES string of the molecule is CC(C)(C)OC(=O)N1CCC(N2CC[C@@H](Cc3c(Cl)cc(-c4ccc(C(=O)N5CCN(CC(F)(F)F)CC5)cc4)cc3Cl)C2=O)CC1. The topological polar surface area (TPSA) is 73.4 Å². The predicted octanol–water partition coefficient (Wildman–Crippen LogP) is 6.77. The highest BCUT2D eigenvalue weighted by Gasteiger charge is 2.39. The third-order valence-electron chi connectivity index (χ3n) is 9.03. The van der Waals surface area contributed by atoms with Gasteiger partial charge in [0.25, 0.3) is 5.91 Å². The van der Waals surface area contributed by atoms with E-state index in [0.29, 0.717) is 66.5 Å². The Morgan fingerprint density at radius 2 is 1.43 bits per heavy atom. The monoisotopic (exact) mass is 696 g/mol. The summed E-state index contributed by atoms with van der Waals surface area (Å²) in [7, 11) is 0. The molecule has 3 aliphatic rings. The first-order valence-corrected chi connectivity index (χ1v) is 16.8. The fraction of sp³-hybridized carbons (Fsp3) is 0.559. The second-order valence-corrected chi connectivity index (χ2v) is 14.4. The molecule has 0 aliphatic carbocycles. The van der Waals surface area contributed by atoms with Crippen LogP contribution in [0.15, 0.2) is 36.4 Å². The molecule has 0 spiro atoms. The standard InChI is InChI=1S/C34H41Cl2F3N4O4/c1-33(2,3)47-32(46)42-11-9-26(10-12-42)43-13-8-24(31(43)45)18-27-28(35)19-25(20-29(27)36)22-4-6-23(7-5-22)30(44)41-16-14-40(15-17-41)21-34(37,38)39/h4-7,19-20,24,26H,8-18,21H2,1-3H3/t24-/m0/s1. The predicted molar refractivity (Wildman–Crippen MR) is 175 cm³/mol. The maximum absolute atomic E-state index is 13.5. The lowest BCUT2D eigenvalue weighted by molar-refractivity contribution is -0.148. The molecule has 2 aromatic rings. The lowest BCUT2D eigenvalue weighted by Gasteiger charge is -2.37. The molecule has 0 radical (unpaired) electrons. The van der Waals surface area contributed by atoms with Crippen LogP contribution < -0.4 is 0 Å². The minimum absolute atomic E-state index is 0.0772. The molecule has 0 aromatic heterocycles. The van der Waals surface area contributed by atoms with Crippen molar-refractivity contribution in [2.24, 2.45) is 5.92 Å². The molecule has 3 fully saturated rings. The number of alkyl halides is 3. The van der Waals surface area contributed by atoms with Crippen molar-refractivity contribution in [1.82, 2.24) is 19.6 Å². The van der Waals surface area contributed by atoms with E-state index < -0.39 is 18.3 Å². The molecular weight excluding hydrogens is 656 g/mol. The summed E-state index contributed by atoms with van der Waals surface area (Å²) in [5, 5.41) is 0.919. The molecule has 0 N–H and O–H groups in total. The van der Waals surface area contributed by atoms with Gasteiger partial charge in [-0.2, -0.15) is 13.2 Å². The average molecular weight is 698 g/mol. The average Bonchev–Trinajstić information content (AvgIpc) is 3.37. The van der Waals surface area contributed by atoms with Gasteiger partial charge in [0.15, 0.2) is 0 Å². The van der Waals surface area contributed by atoms with E-state index in [4.69, 9.17) is 27.9 Å². The fourth-order valence-corrected chi connectivity index (χ4v) is 7.20. The Morgan fingerprint density at radius 3 is 1.98 bits per heavy atom. The molecule has 3 amide bonds. The zero-order valence-corrected chi connectivity index (χ0v) is 28.4. The van der Waals surface area contributed by atoms with Crippen LogP contribution in [-0.2, 0) is 16.0 Å². The largest absolute Gasteiger partial charge is 0.444 e. The number of halogens is 5. The van der Waals surface area contributed by atoms with E-state index in [2.05, 4.69) is 0 Å². The van der Waals surface area contributed by atoms with E-state index in [1.165, 1.54) is 4.90 Å². The molecule has 5 rings (SSSR count). The van der Waals surface area contributed by atoms with Crippen LogP contribution in [0.25, 0.3) is 11.1 Å². The molecule has 1 atom stereocenters. The van der Waals surface area contributed by atoms with Gasteiger partial charge in [-0.1, -0.05) is 35.3 Å². The minimum Gasteiger partial charge on any atom is -0.444 e. The van der Waals surface area contributed by atoms with Crippen LogP contribution in [0.4, 0.5) is 18.0 Å². The number of ether oxygens (including phenoxy) is 1. The van der Waals surface area contributed by atoms with Crippen molar-refractivity contribution in [1.29, 1.82) is 0 Å². The van der Waals surface area contributed by atoms with E-state index in [9.17, 15) is 27.6 Å². The normalized spacial score (nSPS) is 20.2. The number of carbonyl (C=O) groups excluding carboxylic acids is 3. The summed E-state index contributed by atoms with van der Waals surface area (Å²) >= 11 is 13.5. The molecular formula is C34H41Cl2F3N4O4.